The van der Waals surface area contributed by atoms with E-state index in [-0.39, 0.29) is 65.5 Å². The lowest BCUT2D eigenvalue weighted by atomic mass is 9.44. The Bertz CT molecular complexity index is 1880. The summed E-state index contributed by atoms with van der Waals surface area (Å²) < 4.78 is 53.2. The Morgan fingerprint density at radius 1 is 0.676 bits per heavy atom. The van der Waals surface area contributed by atoms with Gasteiger partial charge in [-0.15, -0.1) is 0 Å². The van der Waals surface area contributed by atoms with Crippen LogP contribution >= 0.6 is 0 Å². The minimum Gasteiger partial charge on any atom is -0.494 e. The van der Waals surface area contributed by atoms with E-state index in [4.69, 9.17) is 42.6 Å². The second kappa shape index (κ2) is 21.4. The molecule has 71 heavy (non-hydrogen) atoms. The molecular weight excluding hydrogens is 941 g/mol. The van der Waals surface area contributed by atoms with Gasteiger partial charge in [0.2, 0.25) is 0 Å². The van der Waals surface area contributed by atoms with Gasteiger partial charge < -0.3 is 104 Å². The molecule has 0 aromatic heterocycles. The Balaban J connectivity index is 0.816. The molecule has 406 valence electrons. The van der Waals surface area contributed by atoms with E-state index < -0.39 is 137 Å². The van der Waals surface area contributed by atoms with Crippen LogP contribution < -0.4 is 0 Å². The predicted octanol–water partition coefficient (Wildman–Crippen LogP) is -2.55. The van der Waals surface area contributed by atoms with Crippen LogP contribution in [0.5, 0.6) is 0 Å². The van der Waals surface area contributed by atoms with Gasteiger partial charge in [-0.1, -0.05) is 20.8 Å². The molecule has 0 radical (unpaired) electrons. The maximum atomic E-state index is 14.5. The lowest BCUT2D eigenvalue weighted by molar-refractivity contribution is -0.361. The fraction of sp³-hybridized carbons (Fsp3) is 0.939. The first-order valence-corrected chi connectivity index (χ1v) is 25.7. The Hall–Kier alpha value is -1.59. The first-order valence-electron chi connectivity index (χ1n) is 25.7. The third kappa shape index (κ3) is 10.0. The fourth-order valence-corrected chi connectivity index (χ4v) is 14.3. The molecule has 4 saturated heterocycles. The number of rotatable bonds is 14. The number of allylic oxidation sites excluding steroid dienone is 1. The average Bonchev–Trinajstić information content (AvgIpc) is 3.83. The molecule has 12 N–H and O–H groups in total. The number of carbonyl (C=O) groups excluding carboxylic acids is 1. The first-order chi connectivity index (χ1) is 33.7. The number of hydrogen-bond donors (Lipinski definition) is 12. The Labute approximate surface area is 412 Å². The number of carbonyl (C=O) groups is 1. The van der Waals surface area contributed by atoms with Gasteiger partial charge in [-0.3, -0.25) is 4.79 Å². The summed E-state index contributed by atoms with van der Waals surface area (Å²) in [7, 11) is 0. The van der Waals surface area contributed by atoms with Crippen LogP contribution in [0.2, 0.25) is 0 Å². The van der Waals surface area contributed by atoms with E-state index in [9.17, 15) is 66.1 Å². The van der Waals surface area contributed by atoms with Crippen LogP contribution in [0.3, 0.4) is 0 Å². The lowest BCUT2D eigenvalue weighted by Crippen LogP contribution is -2.64. The zero-order valence-corrected chi connectivity index (χ0v) is 40.9. The van der Waals surface area contributed by atoms with Gasteiger partial charge in [0.05, 0.1) is 44.9 Å². The maximum Gasteiger partial charge on any atom is 0.186 e. The highest BCUT2D eigenvalue weighted by Gasteiger charge is 2.66. The van der Waals surface area contributed by atoms with Gasteiger partial charge in [0, 0.05) is 24.7 Å². The van der Waals surface area contributed by atoms with Crippen molar-refractivity contribution in [2.75, 3.05) is 33.0 Å². The number of Topliss-reactive ketones (excluding diaryl/α,β-unsaturated/α-hetero) is 1. The van der Waals surface area contributed by atoms with Crippen LogP contribution in [0, 0.1) is 46.3 Å². The van der Waals surface area contributed by atoms with Crippen LogP contribution in [0.4, 0.5) is 0 Å². The summed E-state index contributed by atoms with van der Waals surface area (Å²) in [6.07, 6.45) is -20.9. The van der Waals surface area contributed by atoms with E-state index in [0.717, 1.165) is 31.4 Å². The number of hydrogen-bond acceptors (Lipinski definition) is 22. The molecule has 4 saturated carbocycles. The Morgan fingerprint density at radius 2 is 1.31 bits per heavy atom. The van der Waals surface area contributed by atoms with Gasteiger partial charge in [0.15, 0.2) is 25.2 Å². The number of ether oxygens (including phenoxy) is 9. The van der Waals surface area contributed by atoms with Crippen LogP contribution in [0.1, 0.15) is 85.5 Å². The lowest BCUT2D eigenvalue weighted by Gasteiger charge is -2.60. The van der Waals surface area contributed by atoms with E-state index in [1.165, 1.54) is 5.57 Å². The van der Waals surface area contributed by atoms with Crippen molar-refractivity contribution in [2.45, 2.75) is 208 Å². The van der Waals surface area contributed by atoms with E-state index in [1.54, 1.807) is 0 Å². The van der Waals surface area contributed by atoms with Gasteiger partial charge in [-0.2, -0.15) is 0 Å². The largest absolute Gasteiger partial charge is 0.494 e. The highest BCUT2D eigenvalue weighted by Crippen LogP contribution is 2.69. The standard InChI is InChI=1S/C49H78O22/c1-19(15-63-45-41(61)37(57)36(56)31(14-50)69-45)5-6-29-20(2)33-30(68-29)13-24-22-12-26(51)25-11-21(7-9-48(25,3)23(22)8-10-49(24,33)4)67-47-42(62)38(58)43(71-46-40(60)35(55)28(53)17-65-46)32(70-47)18-66-44-39(59)34(54)27(52)16-64-44/h19,21-25,27-28,30-47,50,52-62H,5-18H2,1-4H3/t19-,21-,22+,23-,24-,25+,27-,28+,30-,31+,32+,33-,34-,35-,36+,37-,38+,39+,40+,41+,42+,43+,44-,45+,46-,47+,48+,49-/m0/s1. The zero-order valence-electron chi connectivity index (χ0n) is 40.9. The fourth-order valence-electron chi connectivity index (χ4n) is 14.3. The van der Waals surface area contributed by atoms with E-state index in [1.807, 2.05) is 6.92 Å². The molecule has 0 spiro atoms. The summed E-state index contributed by atoms with van der Waals surface area (Å²) in [5.74, 6) is 1.89. The van der Waals surface area contributed by atoms with Crippen LogP contribution in [-0.2, 0) is 47.4 Å². The molecule has 0 bridgehead atoms. The summed E-state index contributed by atoms with van der Waals surface area (Å²) in [5.41, 5.74) is 0.897. The monoisotopic (exact) mass is 1020 g/mol. The number of ketones is 1. The third-order valence-corrected chi connectivity index (χ3v) is 18.5. The van der Waals surface area contributed by atoms with Crippen LogP contribution in [-0.4, -0.2) is 223 Å². The highest BCUT2D eigenvalue weighted by molar-refractivity contribution is 5.83. The zero-order chi connectivity index (χ0) is 51.0. The SMILES string of the molecule is CC1=C(CC[C@H](C)CO[C@@H]2O[C@H](CO)[C@@H](O)[C@H](O)[C@H]2O)O[C@H]2C[C@H]3[C@@H]4CC(=O)[C@H]5C[C@@H](O[C@@H]6O[C@H](CO[C@@H]7OC[C@H](O)[C@H](O)[C@H]7O)[C@@H](O[C@@H]7OC[C@@H](O)[C@H](O)[C@H]7O)[C@H](O)[C@H]6O)CC[C@]5(C)[C@H]4CC[C@]3(C)[C@@H]12. The van der Waals surface area contributed by atoms with Gasteiger partial charge in [-0.25, -0.2) is 0 Å². The molecule has 22 heteroatoms. The van der Waals surface area contributed by atoms with Gasteiger partial charge in [0.1, 0.15) is 97.3 Å². The molecule has 0 aromatic rings. The van der Waals surface area contributed by atoms with Gasteiger partial charge in [0.25, 0.3) is 0 Å². The molecule has 28 atom stereocenters. The molecule has 0 aromatic carbocycles. The molecule has 9 aliphatic rings. The van der Waals surface area contributed by atoms with Crippen molar-refractivity contribution in [1.29, 1.82) is 0 Å². The summed E-state index contributed by atoms with van der Waals surface area (Å²) >= 11 is 0. The van der Waals surface area contributed by atoms with E-state index in [2.05, 4.69) is 20.8 Å². The van der Waals surface area contributed by atoms with Crippen molar-refractivity contribution in [3.05, 3.63) is 11.3 Å². The van der Waals surface area contributed by atoms with Gasteiger partial charge in [-0.05, 0) is 91.9 Å². The Kier molecular flexibility index (Phi) is 16.4. The summed E-state index contributed by atoms with van der Waals surface area (Å²) in [6.45, 7) is 7.28. The van der Waals surface area contributed by atoms with E-state index >= 15 is 0 Å². The molecule has 5 heterocycles. The molecule has 8 fully saturated rings. The molecule has 9 rings (SSSR count). The predicted molar refractivity (Wildman–Crippen MR) is 239 cm³/mol. The van der Waals surface area contributed by atoms with Crippen molar-refractivity contribution in [3.63, 3.8) is 0 Å². The Morgan fingerprint density at radius 3 is 2.01 bits per heavy atom. The second-order valence-electron chi connectivity index (χ2n) is 22.8. The smallest absolute Gasteiger partial charge is 0.186 e. The number of fused-ring (bicyclic) bond motifs is 7. The number of aliphatic hydroxyl groups excluding tert-OH is 12. The second-order valence-corrected chi connectivity index (χ2v) is 22.8. The van der Waals surface area contributed by atoms with Crippen molar-refractivity contribution in [2.24, 2.45) is 46.3 Å². The summed E-state index contributed by atoms with van der Waals surface area (Å²) in [6, 6.07) is 0. The van der Waals surface area contributed by atoms with Crippen molar-refractivity contribution in [1.82, 2.24) is 0 Å². The molecule has 5 aliphatic heterocycles. The quantitative estimate of drug-likeness (QED) is 0.0797. The first kappa shape index (κ1) is 54.2. The summed E-state index contributed by atoms with van der Waals surface area (Å²) in [4.78, 5) is 14.5. The minimum atomic E-state index is -1.74. The topological polar surface area (TPSA) is 343 Å². The van der Waals surface area contributed by atoms with Crippen LogP contribution in [0.25, 0.3) is 0 Å². The van der Waals surface area contributed by atoms with Crippen molar-refractivity contribution >= 4 is 5.78 Å². The molecule has 22 nitrogen and oxygen atoms in total. The normalized spacial score (nSPS) is 52.6. The van der Waals surface area contributed by atoms with Crippen LogP contribution in [0.15, 0.2) is 11.3 Å². The van der Waals surface area contributed by atoms with E-state index in [0.29, 0.717) is 38.0 Å². The number of aliphatic hydroxyl groups is 12. The molecule has 0 amide bonds. The third-order valence-electron chi connectivity index (χ3n) is 18.5. The van der Waals surface area contributed by atoms with Gasteiger partial charge >= 0.3 is 0 Å². The maximum absolute atomic E-state index is 14.5. The highest BCUT2D eigenvalue weighted by atomic mass is 16.8. The van der Waals surface area contributed by atoms with Crippen molar-refractivity contribution < 1.29 is 109 Å². The molecule has 0 unspecified atom stereocenters. The molecular formula is C49H78O22. The average molecular weight is 1020 g/mol. The molecule has 4 aliphatic carbocycles. The van der Waals surface area contributed by atoms with Crippen molar-refractivity contribution in [3.8, 4) is 0 Å². The minimum absolute atomic E-state index is 0.0141. The summed E-state index contributed by atoms with van der Waals surface area (Å²) in [5, 5.41) is 125.